The third-order valence-electron chi connectivity index (χ3n) is 3.74. The molecule has 2 heterocycles. The Morgan fingerprint density at radius 3 is 2.73 bits per heavy atom. The summed E-state index contributed by atoms with van der Waals surface area (Å²) in [5.74, 6) is -0.598. The molecule has 0 saturated carbocycles. The van der Waals surface area contributed by atoms with Gasteiger partial charge >= 0.3 is 0 Å². The number of sulfonamides is 1. The van der Waals surface area contributed by atoms with Crippen molar-refractivity contribution in [2.45, 2.75) is 34.7 Å². The van der Waals surface area contributed by atoms with E-state index in [4.69, 9.17) is 27.9 Å². The first-order valence-electron chi connectivity index (χ1n) is 6.66. The molecule has 1 fully saturated rings. The van der Waals surface area contributed by atoms with Crippen molar-refractivity contribution in [1.82, 2.24) is 4.72 Å². The van der Waals surface area contributed by atoms with Crippen LogP contribution in [0, 0.1) is 0 Å². The van der Waals surface area contributed by atoms with Gasteiger partial charge in [0, 0.05) is 17.9 Å². The van der Waals surface area contributed by atoms with Crippen molar-refractivity contribution < 1.29 is 17.9 Å². The van der Waals surface area contributed by atoms with Gasteiger partial charge in [-0.2, -0.15) is 4.72 Å². The summed E-state index contributed by atoms with van der Waals surface area (Å²) in [5.41, 5.74) is -0.302. The van der Waals surface area contributed by atoms with Crippen molar-refractivity contribution >= 4 is 44.8 Å². The third-order valence-corrected chi connectivity index (χ3v) is 6.07. The molecular formula is C13H14Cl2N2O4S. The lowest BCUT2D eigenvalue weighted by Gasteiger charge is -2.24. The van der Waals surface area contributed by atoms with Crippen LogP contribution in [-0.4, -0.2) is 26.7 Å². The topological polar surface area (TPSA) is 84.5 Å². The molecular weight excluding hydrogens is 351 g/mol. The molecule has 120 valence electrons. The molecule has 3 rings (SSSR count). The Hall–Kier alpha value is -0.860. The van der Waals surface area contributed by atoms with Gasteiger partial charge in [0.05, 0.1) is 4.90 Å². The molecule has 1 saturated heterocycles. The molecule has 0 radical (unpaired) electrons. The Bertz CT molecular complexity index is 742. The Kier molecular flexibility index (Phi) is 3.69. The van der Waals surface area contributed by atoms with Gasteiger partial charge in [-0.15, -0.1) is 0 Å². The molecule has 2 N–H and O–H groups in total. The second-order valence-corrected chi connectivity index (χ2v) is 8.53. The summed E-state index contributed by atoms with van der Waals surface area (Å²) in [6.45, 7) is 2.19. The fourth-order valence-corrected chi connectivity index (χ4v) is 4.36. The van der Waals surface area contributed by atoms with Crippen LogP contribution in [0.1, 0.15) is 25.3 Å². The lowest BCUT2D eigenvalue weighted by molar-refractivity contribution is -0.116. The first-order valence-corrected chi connectivity index (χ1v) is 8.90. The molecule has 0 bridgehead atoms. The predicted molar refractivity (Wildman–Crippen MR) is 82.4 cm³/mol. The molecule has 2 aliphatic rings. The minimum absolute atomic E-state index is 0.0230. The molecule has 9 heteroatoms. The van der Waals surface area contributed by atoms with E-state index in [0.717, 1.165) is 6.42 Å². The summed E-state index contributed by atoms with van der Waals surface area (Å²) in [7, 11) is -3.82. The molecule has 22 heavy (non-hydrogen) atoms. The molecule has 1 amide bonds. The highest BCUT2D eigenvalue weighted by molar-refractivity contribution is 7.89. The average Bonchev–Trinajstić information content (AvgIpc) is 2.92. The summed E-state index contributed by atoms with van der Waals surface area (Å²) in [5, 5.41) is 2.50. The highest BCUT2D eigenvalue weighted by atomic mass is 35.5. The van der Waals surface area contributed by atoms with Gasteiger partial charge in [-0.25, -0.2) is 8.42 Å². The second-order valence-electron chi connectivity index (χ2n) is 5.52. The Morgan fingerprint density at radius 1 is 1.36 bits per heavy atom. The Balaban J connectivity index is 1.96. The van der Waals surface area contributed by atoms with E-state index in [0.29, 0.717) is 18.7 Å². The molecule has 1 atom stereocenters. The normalized spacial score (nSPS) is 26.8. The van der Waals surface area contributed by atoms with E-state index in [9.17, 15) is 13.2 Å². The summed E-state index contributed by atoms with van der Waals surface area (Å²) < 4.78 is 31.2. The monoisotopic (exact) mass is 364 g/mol. The van der Waals surface area contributed by atoms with E-state index >= 15 is 0 Å². The fourth-order valence-electron chi connectivity index (χ4n) is 2.59. The number of alkyl halides is 2. The van der Waals surface area contributed by atoms with Crippen LogP contribution in [0.4, 0.5) is 5.69 Å². The van der Waals surface area contributed by atoms with Crippen LogP contribution in [0.5, 0.6) is 0 Å². The first kappa shape index (κ1) is 16.0. The predicted octanol–water partition coefficient (Wildman–Crippen LogP) is 2.07. The van der Waals surface area contributed by atoms with Gasteiger partial charge in [-0.05, 0) is 38.0 Å². The van der Waals surface area contributed by atoms with Gasteiger partial charge in [-0.3, -0.25) is 4.79 Å². The molecule has 2 aliphatic heterocycles. The van der Waals surface area contributed by atoms with Crippen LogP contribution in [0.2, 0.25) is 0 Å². The number of nitrogens with one attached hydrogen (secondary N) is 2. The van der Waals surface area contributed by atoms with Crippen molar-refractivity contribution in [3.8, 4) is 0 Å². The summed E-state index contributed by atoms with van der Waals surface area (Å²) in [4.78, 5) is 11.7. The lowest BCUT2D eigenvalue weighted by atomic mass is 10.1. The molecule has 1 aromatic carbocycles. The van der Waals surface area contributed by atoms with Crippen molar-refractivity contribution in [3.63, 3.8) is 0 Å². The number of rotatable bonds is 3. The lowest BCUT2D eigenvalue weighted by Crippen LogP contribution is -2.45. The van der Waals surface area contributed by atoms with Gasteiger partial charge in [0.1, 0.15) is 5.72 Å². The average molecular weight is 365 g/mol. The largest absolute Gasteiger partial charge is 0.360 e. The Morgan fingerprint density at radius 2 is 2.09 bits per heavy atom. The standard InChI is InChI=1S/C13H14Cl2N2O4S/c1-12(5-2-6-21-12)17-22(19,20)8-3-4-10-9(7-8)13(14,15)11(18)16-10/h3-4,7,17H,2,5-6H2,1H3,(H,16,18). The molecule has 0 aliphatic carbocycles. The van der Waals surface area contributed by atoms with Gasteiger partial charge in [-0.1, -0.05) is 23.2 Å². The number of amides is 1. The number of fused-ring (bicyclic) bond motifs is 1. The van der Waals surface area contributed by atoms with Crippen LogP contribution in [0.3, 0.4) is 0 Å². The van der Waals surface area contributed by atoms with Gasteiger partial charge in [0.15, 0.2) is 0 Å². The van der Waals surface area contributed by atoms with Crippen LogP contribution in [-0.2, 0) is 23.9 Å². The van der Waals surface area contributed by atoms with Crippen LogP contribution >= 0.6 is 23.2 Å². The quantitative estimate of drug-likeness (QED) is 0.804. The van der Waals surface area contributed by atoms with E-state index in [2.05, 4.69) is 10.0 Å². The number of carbonyl (C=O) groups excluding carboxylic acids is 1. The SMILES string of the molecule is CC1(NS(=O)(=O)c2ccc3c(c2)C(Cl)(Cl)C(=O)N3)CCCO1. The van der Waals surface area contributed by atoms with E-state index in [1.165, 1.54) is 18.2 Å². The van der Waals surface area contributed by atoms with Gasteiger partial charge < -0.3 is 10.1 Å². The number of anilines is 1. The summed E-state index contributed by atoms with van der Waals surface area (Å²) >= 11 is 12.0. The van der Waals surface area contributed by atoms with Crippen molar-refractivity contribution in [3.05, 3.63) is 23.8 Å². The zero-order valence-corrected chi connectivity index (χ0v) is 14.0. The summed E-state index contributed by atoms with van der Waals surface area (Å²) in [6.07, 6.45) is 1.38. The number of hydrogen-bond acceptors (Lipinski definition) is 4. The first-order chi connectivity index (χ1) is 10.1. The van der Waals surface area contributed by atoms with Crippen molar-refractivity contribution in [2.75, 3.05) is 11.9 Å². The maximum atomic E-state index is 12.5. The molecule has 0 spiro atoms. The minimum Gasteiger partial charge on any atom is -0.360 e. The smallest absolute Gasteiger partial charge is 0.265 e. The highest BCUT2D eigenvalue weighted by Gasteiger charge is 2.44. The molecule has 0 aromatic heterocycles. The second kappa shape index (κ2) is 5.07. The summed E-state index contributed by atoms with van der Waals surface area (Å²) in [6, 6.07) is 4.15. The van der Waals surface area contributed by atoms with Crippen molar-refractivity contribution in [2.24, 2.45) is 0 Å². The maximum Gasteiger partial charge on any atom is 0.265 e. The number of hydrogen-bond donors (Lipinski definition) is 2. The number of carbonyl (C=O) groups is 1. The van der Waals surface area contributed by atoms with E-state index in [-0.39, 0.29) is 10.5 Å². The number of ether oxygens (including phenoxy) is 1. The van der Waals surface area contributed by atoms with Gasteiger partial charge in [0.2, 0.25) is 14.4 Å². The third kappa shape index (κ3) is 2.61. The van der Waals surface area contributed by atoms with Crippen LogP contribution in [0.15, 0.2) is 23.1 Å². The molecule has 1 aromatic rings. The molecule has 6 nitrogen and oxygen atoms in total. The highest BCUT2D eigenvalue weighted by Crippen LogP contribution is 2.45. The maximum absolute atomic E-state index is 12.5. The van der Waals surface area contributed by atoms with Crippen molar-refractivity contribution in [1.29, 1.82) is 0 Å². The fraction of sp³-hybridized carbons (Fsp3) is 0.462. The number of benzene rings is 1. The minimum atomic E-state index is -3.82. The van der Waals surface area contributed by atoms with Gasteiger partial charge in [0.25, 0.3) is 5.91 Å². The van der Waals surface area contributed by atoms with E-state index < -0.39 is 26.0 Å². The molecule has 1 unspecified atom stereocenters. The van der Waals surface area contributed by atoms with E-state index in [1.54, 1.807) is 6.92 Å². The zero-order chi connectivity index (χ0) is 16.2. The van der Waals surface area contributed by atoms with Crippen LogP contribution in [0.25, 0.3) is 0 Å². The zero-order valence-electron chi connectivity index (χ0n) is 11.7. The number of halogens is 2. The van der Waals surface area contributed by atoms with E-state index in [1.807, 2.05) is 0 Å². The Labute approximate surface area is 138 Å². The van der Waals surface area contributed by atoms with Crippen LogP contribution < -0.4 is 10.0 Å².